The van der Waals surface area contributed by atoms with E-state index in [2.05, 4.69) is 10.3 Å². The van der Waals surface area contributed by atoms with Crippen LogP contribution in [0.25, 0.3) is 0 Å². The highest BCUT2D eigenvalue weighted by Gasteiger charge is 2.04. The van der Waals surface area contributed by atoms with E-state index in [0.29, 0.717) is 18.8 Å². The second kappa shape index (κ2) is 5.34. The fourth-order valence-electron chi connectivity index (χ4n) is 0.959. The maximum Gasteiger partial charge on any atom is 0.269 e. The number of ether oxygens (including phenoxy) is 1. The number of aromatic nitrogens is 1. The molecule has 0 saturated carbocycles. The van der Waals surface area contributed by atoms with Crippen molar-refractivity contribution in [1.29, 1.82) is 0 Å². The summed E-state index contributed by atoms with van der Waals surface area (Å²) in [5.74, 6) is -0.165. The first kappa shape index (κ1) is 10.7. The number of amides is 1. The summed E-state index contributed by atoms with van der Waals surface area (Å²) in [5.41, 5.74) is 1.48. The molecule has 0 aliphatic rings. The van der Waals surface area contributed by atoms with Gasteiger partial charge in [0.1, 0.15) is 5.69 Å². The molecule has 0 aliphatic heterocycles. The minimum atomic E-state index is -0.165. The van der Waals surface area contributed by atoms with Crippen molar-refractivity contribution in [3.8, 4) is 0 Å². The Bertz CT molecular complexity index is 295. The number of aryl methyl sites for hydroxylation is 1. The number of pyridine rings is 1. The molecule has 0 atom stereocenters. The molecular weight excluding hydrogens is 180 g/mol. The SMILES string of the molecule is COCCNC(=O)c1ccc(C)cn1. The van der Waals surface area contributed by atoms with Crippen LogP contribution in [0.2, 0.25) is 0 Å². The average molecular weight is 194 g/mol. The maximum absolute atomic E-state index is 11.4. The zero-order valence-electron chi connectivity index (χ0n) is 8.41. The lowest BCUT2D eigenvalue weighted by Gasteiger charge is -2.03. The molecule has 0 fully saturated rings. The Kier molecular flexibility index (Phi) is 4.07. The summed E-state index contributed by atoms with van der Waals surface area (Å²) < 4.78 is 4.81. The van der Waals surface area contributed by atoms with E-state index in [-0.39, 0.29) is 5.91 Å². The number of carbonyl (C=O) groups is 1. The molecule has 0 unspecified atom stereocenters. The number of hydrogen-bond acceptors (Lipinski definition) is 3. The Balaban J connectivity index is 2.48. The van der Waals surface area contributed by atoms with Crippen LogP contribution in [-0.4, -0.2) is 31.2 Å². The van der Waals surface area contributed by atoms with Crippen LogP contribution in [0.5, 0.6) is 0 Å². The van der Waals surface area contributed by atoms with Gasteiger partial charge in [-0.05, 0) is 18.6 Å². The van der Waals surface area contributed by atoms with Crippen LogP contribution in [0.3, 0.4) is 0 Å². The molecule has 4 nitrogen and oxygen atoms in total. The lowest BCUT2D eigenvalue weighted by atomic mass is 10.2. The quantitative estimate of drug-likeness (QED) is 0.720. The van der Waals surface area contributed by atoms with E-state index in [0.717, 1.165) is 5.56 Å². The Morgan fingerprint density at radius 1 is 1.57 bits per heavy atom. The third-order valence-electron chi connectivity index (χ3n) is 1.74. The largest absolute Gasteiger partial charge is 0.383 e. The van der Waals surface area contributed by atoms with Crippen LogP contribution < -0.4 is 5.32 Å². The number of hydrogen-bond donors (Lipinski definition) is 1. The molecule has 0 aliphatic carbocycles. The summed E-state index contributed by atoms with van der Waals surface area (Å²) in [4.78, 5) is 15.4. The Morgan fingerprint density at radius 2 is 2.36 bits per heavy atom. The normalized spacial score (nSPS) is 9.86. The van der Waals surface area contributed by atoms with Crippen LogP contribution in [0.15, 0.2) is 18.3 Å². The van der Waals surface area contributed by atoms with E-state index in [4.69, 9.17) is 4.74 Å². The van der Waals surface area contributed by atoms with Crippen molar-refractivity contribution >= 4 is 5.91 Å². The van der Waals surface area contributed by atoms with Crippen molar-refractivity contribution in [2.45, 2.75) is 6.92 Å². The average Bonchev–Trinajstić information content (AvgIpc) is 2.19. The van der Waals surface area contributed by atoms with Crippen LogP contribution in [0, 0.1) is 6.92 Å². The van der Waals surface area contributed by atoms with E-state index >= 15 is 0 Å². The maximum atomic E-state index is 11.4. The summed E-state index contributed by atoms with van der Waals surface area (Å²) in [6, 6.07) is 3.57. The highest BCUT2D eigenvalue weighted by Crippen LogP contribution is 1.97. The van der Waals surface area contributed by atoms with Crippen molar-refractivity contribution in [3.63, 3.8) is 0 Å². The van der Waals surface area contributed by atoms with Gasteiger partial charge in [0.15, 0.2) is 0 Å². The highest BCUT2D eigenvalue weighted by atomic mass is 16.5. The minimum absolute atomic E-state index is 0.165. The summed E-state index contributed by atoms with van der Waals surface area (Å²) in [5, 5.41) is 2.69. The topological polar surface area (TPSA) is 51.2 Å². The molecule has 0 aromatic carbocycles. The minimum Gasteiger partial charge on any atom is -0.383 e. The molecule has 1 N–H and O–H groups in total. The lowest BCUT2D eigenvalue weighted by Crippen LogP contribution is -2.27. The predicted octanol–water partition coefficient (Wildman–Crippen LogP) is 0.766. The molecule has 0 spiro atoms. The third kappa shape index (κ3) is 3.14. The molecule has 0 bridgehead atoms. The van der Waals surface area contributed by atoms with E-state index in [1.165, 1.54) is 0 Å². The molecule has 1 aromatic rings. The molecule has 4 heteroatoms. The van der Waals surface area contributed by atoms with E-state index < -0.39 is 0 Å². The zero-order chi connectivity index (χ0) is 10.4. The first-order valence-electron chi connectivity index (χ1n) is 4.44. The standard InChI is InChI=1S/C10H14N2O2/c1-8-3-4-9(12-7-8)10(13)11-5-6-14-2/h3-4,7H,5-6H2,1-2H3,(H,11,13). The number of nitrogens with one attached hydrogen (secondary N) is 1. The summed E-state index contributed by atoms with van der Waals surface area (Å²) in [6.45, 7) is 2.95. The number of rotatable bonds is 4. The van der Waals surface area contributed by atoms with Gasteiger partial charge in [-0.2, -0.15) is 0 Å². The Morgan fingerprint density at radius 3 is 2.93 bits per heavy atom. The van der Waals surface area contributed by atoms with Gasteiger partial charge in [-0.3, -0.25) is 9.78 Å². The molecule has 76 valence electrons. The summed E-state index contributed by atoms with van der Waals surface area (Å²) in [6.07, 6.45) is 1.67. The predicted molar refractivity (Wildman–Crippen MR) is 53.2 cm³/mol. The summed E-state index contributed by atoms with van der Waals surface area (Å²) in [7, 11) is 1.59. The second-order valence-electron chi connectivity index (χ2n) is 2.97. The number of nitrogens with zero attached hydrogens (tertiary/aromatic N) is 1. The smallest absolute Gasteiger partial charge is 0.269 e. The van der Waals surface area contributed by atoms with Gasteiger partial charge in [0, 0.05) is 19.9 Å². The van der Waals surface area contributed by atoms with Gasteiger partial charge in [-0.25, -0.2) is 0 Å². The molecule has 1 aromatic heterocycles. The Hall–Kier alpha value is -1.42. The van der Waals surface area contributed by atoms with Gasteiger partial charge in [-0.15, -0.1) is 0 Å². The fourth-order valence-corrected chi connectivity index (χ4v) is 0.959. The van der Waals surface area contributed by atoms with Crippen LogP contribution in [0.1, 0.15) is 16.1 Å². The van der Waals surface area contributed by atoms with Crippen LogP contribution >= 0.6 is 0 Å². The summed E-state index contributed by atoms with van der Waals surface area (Å²) >= 11 is 0. The van der Waals surface area contributed by atoms with Crippen molar-refractivity contribution < 1.29 is 9.53 Å². The molecule has 14 heavy (non-hydrogen) atoms. The van der Waals surface area contributed by atoms with Gasteiger partial charge < -0.3 is 10.1 Å². The van der Waals surface area contributed by atoms with E-state index in [1.54, 1.807) is 19.4 Å². The number of carbonyl (C=O) groups excluding carboxylic acids is 1. The van der Waals surface area contributed by atoms with Gasteiger partial charge in [0.25, 0.3) is 5.91 Å². The first-order chi connectivity index (χ1) is 6.74. The first-order valence-corrected chi connectivity index (χ1v) is 4.44. The van der Waals surface area contributed by atoms with Gasteiger partial charge in [0.2, 0.25) is 0 Å². The zero-order valence-corrected chi connectivity index (χ0v) is 8.41. The lowest BCUT2D eigenvalue weighted by molar-refractivity contribution is 0.0932. The molecule has 0 radical (unpaired) electrons. The van der Waals surface area contributed by atoms with Crippen molar-refractivity contribution in [2.24, 2.45) is 0 Å². The van der Waals surface area contributed by atoms with Crippen molar-refractivity contribution in [1.82, 2.24) is 10.3 Å². The van der Waals surface area contributed by atoms with Gasteiger partial charge in [-0.1, -0.05) is 6.07 Å². The highest BCUT2D eigenvalue weighted by molar-refractivity contribution is 5.92. The van der Waals surface area contributed by atoms with Crippen LogP contribution in [-0.2, 0) is 4.74 Å². The molecule has 0 saturated heterocycles. The second-order valence-corrected chi connectivity index (χ2v) is 2.97. The van der Waals surface area contributed by atoms with Crippen LogP contribution in [0.4, 0.5) is 0 Å². The van der Waals surface area contributed by atoms with Gasteiger partial charge in [0.05, 0.1) is 6.61 Å². The Labute approximate surface area is 83.3 Å². The molecule has 1 amide bonds. The fraction of sp³-hybridized carbons (Fsp3) is 0.400. The monoisotopic (exact) mass is 194 g/mol. The molecular formula is C10H14N2O2. The number of methoxy groups -OCH3 is 1. The van der Waals surface area contributed by atoms with E-state index in [1.807, 2.05) is 13.0 Å². The molecule has 1 heterocycles. The third-order valence-corrected chi connectivity index (χ3v) is 1.74. The van der Waals surface area contributed by atoms with Crippen molar-refractivity contribution in [3.05, 3.63) is 29.6 Å². The van der Waals surface area contributed by atoms with Crippen molar-refractivity contribution in [2.75, 3.05) is 20.3 Å². The molecule has 1 rings (SSSR count). The van der Waals surface area contributed by atoms with E-state index in [9.17, 15) is 4.79 Å². The van der Waals surface area contributed by atoms with Gasteiger partial charge >= 0.3 is 0 Å².